The average molecular weight is 302 g/mol. The first-order valence-electron chi connectivity index (χ1n) is 7.82. The number of carbonyl (C=O) groups is 2. The lowest BCUT2D eigenvalue weighted by Gasteiger charge is -2.24. The molecule has 0 radical (unpaired) electrons. The highest BCUT2D eigenvalue weighted by Crippen LogP contribution is 2.42. The van der Waals surface area contributed by atoms with Gasteiger partial charge in [0.05, 0.1) is 18.1 Å². The van der Waals surface area contributed by atoms with Gasteiger partial charge < -0.3 is 14.7 Å². The van der Waals surface area contributed by atoms with Gasteiger partial charge in [0.2, 0.25) is 5.88 Å². The molecule has 2 bridgehead atoms. The number of aryl methyl sites for hydroxylation is 1. The van der Waals surface area contributed by atoms with Crippen LogP contribution in [-0.4, -0.2) is 45.6 Å². The van der Waals surface area contributed by atoms with E-state index in [-0.39, 0.29) is 18.0 Å². The normalized spacial score (nSPS) is 29.1. The Morgan fingerprint density at radius 2 is 2.23 bits per heavy atom. The second kappa shape index (κ2) is 4.97. The number of nitrogens with zero attached hydrogens (tertiary/aromatic N) is 2. The Balaban J connectivity index is 1.61. The molecular formula is C16H18N2O4. The van der Waals surface area contributed by atoms with Gasteiger partial charge >= 0.3 is 5.97 Å². The quantitative estimate of drug-likeness (QED) is 0.895. The SMILES string of the molecule is O=C(O)[C@@H]1C[C@H]2CC[C@@H]1N2C(=O)c1cnc2c(c1)CCCO2. The third kappa shape index (κ3) is 1.97. The van der Waals surface area contributed by atoms with Gasteiger partial charge in [-0.15, -0.1) is 0 Å². The molecule has 0 aliphatic carbocycles. The Labute approximate surface area is 128 Å². The van der Waals surface area contributed by atoms with Crippen LogP contribution in [0.15, 0.2) is 12.3 Å². The van der Waals surface area contributed by atoms with Gasteiger partial charge in [0.25, 0.3) is 5.91 Å². The number of carboxylic acid groups (broad SMARTS) is 1. The largest absolute Gasteiger partial charge is 0.481 e. The smallest absolute Gasteiger partial charge is 0.308 e. The maximum atomic E-state index is 12.8. The molecule has 1 amide bonds. The Bertz CT molecular complexity index is 645. The van der Waals surface area contributed by atoms with Crippen molar-refractivity contribution in [2.45, 2.75) is 44.2 Å². The van der Waals surface area contributed by atoms with E-state index < -0.39 is 11.9 Å². The molecular weight excluding hydrogens is 284 g/mol. The van der Waals surface area contributed by atoms with Gasteiger partial charge in [-0.2, -0.15) is 0 Å². The fourth-order valence-corrected chi connectivity index (χ4v) is 4.07. The van der Waals surface area contributed by atoms with Gasteiger partial charge in [-0.3, -0.25) is 9.59 Å². The Morgan fingerprint density at radius 1 is 1.36 bits per heavy atom. The summed E-state index contributed by atoms with van der Waals surface area (Å²) in [4.78, 5) is 30.2. The zero-order valence-electron chi connectivity index (χ0n) is 12.2. The van der Waals surface area contributed by atoms with Crippen molar-refractivity contribution in [3.8, 4) is 5.88 Å². The molecule has 0 unspecified atom stereocenters. The zero-order valence-corrected chi connectivity index (χ0v) is 12.2. The van der Waals surface area contributed by atoms with E-state index in [0.717, 1.165) is 31.2 Å². The fraction of sp³-hybridized carbons (Fsp3) is 0.562. The summed E-state index contributed by atoms with van der Waals surface area (Å²) in [5.74, 6) is -0.675. The van der Waals surface area contributed by atoms with Crippen LogP contribution in [0.2, 0.25) is 0 Å². The van der Waals surface area contributed by atoms with Gasteiger partial charge in [0.1, 0.15) is 0 Å². The summed E-state index contributed by atoms with van der Waals surface area (Å²) >= 11 is 0. The van der Waals surface area contributed by atoms with Crippen LogP contribution >= 0.6 is 0 Å². The Kier molecular flexibility index (Phi) is 3.06. The molecule has 116 valence electrons. The molecule has 0 saturated carbocycles. The molecule has 4 heterocycles. The van der Waals surface area contributed by atoms with Crippen LogP contribution in [0.3, 0.4) is 0 Å². The second-order valence-electron chi connectivity index (χ2n) is 6.33. The molecule has 3 aliphatic heterocycles. The summed E-state index contributed by atoms with van der Waals surface area (Å²) in [6.45, 7) is 0.670. The molecule has 4 rings (SSSR count). The number of hydrogen-bond acceptors (Lipinski definition) is 4. The molecule has 2 saturated heterocycles. The van der Waals surface area contributed by atoms with Crippen molar-refractivity contribution in [2.24, 2.45) is 5.92 Å². The standard InChI is InChI=1S/C16H18N2O4/c19-15(10-6-9-2-1-5-22-14(9)17-8-10)18-11-3-4-13(18)12(7-11)16(20)21/h6,8,11-13H,1-5,7H2,(H,20,21)/t11-,12-,13+/m1/s1. The number of hydrogen-bond donors (Lipinski definition) is 1. The van der Waals surface area contributed by atoms with E-state index in [1.807, 2.05) is 6.07 Å². The van der Waals surface area contributed by atoms with E-state index in [1.54, 1.807) is 11.1 Å². The third-order valence-electron chi connectivity index (χ3n) is 5.09. The van der Waals surface area contributed by atoms with Crippen molar-refractivity contribution in [3.05, 3.63) is 23.4 Å². The molecule has 3 aliphatic rings. The highest BCUT2D eigenvalue weighted by Gasteiger charge is 2.51. The van der Waals surface area contributed by atoms with E-state index in [2.05, 4.69) is 4.98 Å². The number of pyridine rings is 1. The topological polar surface area (TPSA) is 79.7 Å². The summed E-state index contributed by atoms with van der Waals surface area (Å²) in [6, 6.07) is 1.75. The number of rotatable bonds is 2. The van der Waals surface area contributed by atoms with Crippen molar-refractivity contribution < 1.29 is 19.4 Å². The van der Waals surface area contributed by atoms with Crippen LogP contribution in [0.1, 0.15) is 41.6 Å². The van der Waals surface area contributed by atoms with Gasteiger partial charge in [-0.05, 0) is 38.2 Å². The minimum absolute atomic E-state index is 0.0610. The van der Waals surface area contributed by atoms with Crippen molar-refractivity contribution in [1.82, 2.24) is 9.88 Å². The van der Waals surface area contributed by atoms with Gasteiger partial charge in [-0.25, -0.2) is 4.98 Å². The van der Waals surface area contributed by atoms with Crippen LogP contribution < -0.4 is 4.74 Å². The molecule has 0 aromatic carbocycles. The number of aliphatic carboxylic acids is 1. The first-order chi connectivity index (χ1) is 10.6. The molecule has 2 fully saturated rings. The minimum atomic E-state index is -0.790. The van der Waals surface area contributed by atoms with E-state index in [4.69, 9.17) is 4.74 Å². The Hall–Kier alpha value is -2.11. The molecule has 6 nitrogen and oxygen atoms in total. The Morgan fingerprint density at radius 3 is 3.00 bits per heavy atom. The van der Waals surface area contributed by atoms with Crippen molar-refractivity contribution in [2.75, 3.05) is 6.61 Å². The van der Waals surface area contributed by atoms with E-state index in [1.165, 1.54) is 0 Å². The third-order valence-corrected chi connectivity index (χ3v) is 5.09. The lowest BCUT2D eigenvalue weighted by molar-refractivity contribution is -0.142. The number of aromatic nitrogens is 1. The minimum Gasteiger partial charge on any atom is -0.481 e. The van der Waals surface area contributed by atoms with Crippen LogP contribution in [-0.2, 0) is 11.2 Å². The number of carbonyl (C=O) groups excluding carboxylic acids is 1. The van der Waals surface area contributed by atoms with E-state index >= 15 is 0 Å². The number of ether oxygens (including phenoxy) is 1. The maximum Gasteiger partial charge on any atom is 0.308 e. The van der Waals surface area contributed by atoms with Gasteiger partial charge in [-0.1, -0.05) is 0 Å². The highest BCUT2D eigenvalue weighted by molar-refractivity contribution is 5.95. The van der Waals surface area contributed by atoms with E-state index in [9.17, 15) is 14.7 Å². The summed E-state index contributed by atoms with van der Waals surface area (Å²) in [6.07, 6.45) is 5.63. The monoisotopic (exact) mass is 302 g/mol. The van der Waals surface area contributed by atoms with Gasteiger partial charge in [0.15, 0.2) is 0 Å². The summed E-state index contributed by atoms with van der Waals surface area (Å²) in [5, 5.41) is 9.30. The molecule has 1 N–H and O–H groups in total. The van der Waals surface area contributed by atoms with Crippen molar-refractivity contribution in [3.63, 3.8) is 0 Å². The van der Waals surface area contributed by atoms with Gasteiger partial charge in [0, 0.05) is 23.8 Å². The predicted octanol–water partition coefficient (Wildman–Crippen LogP) is 1.48. The first kappa shape index (κ1) is 13.5. The predicted molar refractivity (Wildman–Crippen MR) is 76.8 cm³/mol. The second-order valence-corrected chi connectivity index (χ2v) is 6.33. The lowest BCUT2D eigenvalue weighted by Crippen LogP contribution is -2.38. The molecule has 6 heteroatoms. The number of carboxylic acids is 1. The lowest BCUT2D eigenvalue weighted by atomic mass is 9.89. The summed E-state index contributed by atoms with van der Waals surface area (Å²) in [5.41, 5.74) is 1.52. The fourth-order valence-electron chi connectivity index (χ4n) is 4.07. The summed E-state index contributed by atoms with van der Waals surface area (Å²) in [7, 11) is 0. The molecule has 22 heavy (non-hydrogen) atoms. The van der Waals surface area contributed by atoms with Crippen LogP contribution in [0, 0.1) is 5.92 Å². The van der Waals surface area contributed by atoms with Crippen LogP contribution in [0.4, 0.5) is 0 Å². The molecule has 1 aromatic rings. The maximum absolute atomic E-state index is 12.8. The average Bonchev–Trinajstić information content (AvgIpc) is 3.11. The van der Waals surface area contributed by atoms with Crippen molar-refractivity contribution >= 4 is 11.9 Å². The highest BCUT2D eigenvalue weighted by atomic mass is 16.5. The number of fused-ring (bicyclic) bond motifs is 3. The number of amides is 1. The zero-order chi connectivity index (χ0) is 15.3. The van der Waals surface area contributed by atoms with Crippen LogP contribution in [0.25, 0.3) is 0 Å². The molecule has 0 spiro atoms. The molecule has 1 aromatic heterocycles. The summed E-state index contributed by atoms with van der Waals surface area (Å²) < 4.78 is 5.47. The molecule has 3 atom stereocenters. The van der Waals surface area contributed by atoms with Crippen molar-refractivity contribution in [1.29, 1.82) is 0 Å². The van der Waals surface area contributed by atoms with E-state index in [0.29, 0.717) is 24.5 Å². The van der Waals surface area contributed by atoms with Crippen LogP contribution in [0.5, 0.6) is 5.88 Å². The first-order valence-corrected chi connectivity index (χ1v) is 7.82.